The molecule has 0 atom stereocenters. The molecule has 0 fully saturated rings. The van der Waals surface area contributed by atoms with Gasteiger partial charge < -0.3 is 14.8 Å². The van der Waals surface area contributed by atoms with Crippen LogP contribution in [0.25, 0.3) is 9.69 Å². The lowest BCUT2D eigenvalue weighted by molar-refractivity contribution is -0.142. The second kappa shape index (κ2) is 15.0. The molecule has 2 rings (SSSR count). The summed E-state index contributed by atoms with van der Waals surface area (Å²) >= 11 is 6.07. The van der Waals surface area contributed by atoms with Crippen molar-refractivity contribution in [3.63, 3.8) is 0 Å². The van der Waals surface area contributed by atoms with Crippen LogP contribution in [0, 0.1) is 13.1 Å². The van der Waals surface area contributed by atoms with E-state index in [9.17, 15) is 31.2 Å². The van der Waals surface area contributed by atoms with Gasteiger partial charge in [-0.3, -0.25) is 30.1 Å². The molecule has 2 aromatic carbocycles. The number of esters is 2. The van der Waals surface area contributed by atoms with Gasteiger partial charge >= 0.3 is 18.0 Å². The molecule has 0 saturated heterocycles. The molecule has 2 aromatic rings. The van der Waals surface area contributed by atoms with Gasteiger partial charge in [-0.2, -0.15) is 9.44 Å². The van der Waals surface area contributed by atoms with Crippen molar-refractivity contribution in [2.75, 3.05) is 37.0 Å². The molecule has 0 bridgehead atoms. The number of nitrogens with one attached hydrogen (secondary N) is 5. The van der Waals surface area contributed by atoms with E-state index in [2.05, 4.69) is 35.3 Å². The first-order valence-corrected chi connectivity index (χ1v) is 15.0. The fraction of sp³-hybridized carbons (Fsp3) is 0.261. The second-order valence-corrected chi connectivity index (χ2v) is 11.6. The molecule has 0 radical (unpaired) electrons. The molecule has 19 heteroatoms. The minimum atomic E-state index is -4.52. The second-order valence-electron chi connectivity index (χ2n) is 7.70. The first-order valence-electron chi connectivity index (χ1n) is 11.6. The number of carbonyl (C=O) groups is 3. The summed E-state index contributed by atoms with van der Waals surface area (Å²) in [5.41, 5.74) is 4.28. The van der Waals surface area contributed by atoms with Gasteiger partial charge in [0.2, 0.25) is 20.0 Å². The Labute approximate surface area is 246 Å². The molecule has 0 aliphatic carbocycles. The van der Waals surface area contributed by atoms with Crippen LogP contribution in [0.1, 0.15) is 13.8 Å². The van der Waals surface area contributed by atoms with Gasteiger partial charge in [0.15, 0.2) is 11.4 Å². The third-order valence-electron chi connectivity index (χ3n) is 4.80. The maximum absolute atomic E-state index is 12.9. The van der Waals surface area contributed by atoms with Crippen LogP contribution >= 0.6 is 11.6 Å². The number of urea groups is 1. The number of benzene rings is 2. The lowest BCUT2D eigenvalue weighted by Crippen LogP contribution is -2.34. The van der Waals surface area contributed by atoms with E-state index in [4.69, 9.17) is 24.7 Å². The van der Waals surface area contributed by atoms with Crippen molar-refractivity contribution >= 4 is 72.4 Å². The van der Waals surface area contributed by atoms with E-state index in [0.717, 1.165) is 18.2 Å². The minimum Gasteiger partial charge on any atom is -0.465 e. The Morgan fingerprint density at radius 3 is 1.74 bits per heavy atom. The summed E-state index contributed by atoms with van der Waals surface area (Å²) in [6.07, 6.45) is 0. The minimum absolute atomic E-state index is 0.00415. The molecule has 0 aromatic heterocycles. The Bertz CT molecular complexity index is 1600. The van der Waals surface area contributed by atoms with E-state index in [-0.39, 0.29) is 41.0 Å². The van der Waals surface area contributed by atoms with E-state index in [1.54, 1.807) is 0 Å². The number of rotatable bonds is 13. The van der Waals surface area contributed by atoms with Gasteiger partial charge in [0, 0.05) is 5.69 Å². The lowest BCUT2D eigenvalue weighted by atomic mass is 10.2. The highest BCUT2D eigenvalue weighted by Gasteiger charge is 2.24. The maximum atomic E-state index is 12.9. The molecular formula is C23H24ClN7O9S2. The van der Waals surface area contributed by atoms with E-state index >= 15 is 0 Å². The van der Waals surface area contributed by atoms with Crippen molar-refractivity contribution in [1.82, 2.24) is 14.9 Å². The Morgan fingerprint density at radius 1 is 0.810 bits per heavy atom. The third-order valence-corrected chi connectivity index (χ3v) is 7.87. The molecule has 224 valence electrons. The molecule has 0 aliphatic rings. The van der Waals surface area contributed by atoms with Gasteiger partial charge in [-0.25, -0.2) is 21.6 Å². The molecule has 0 unspecified atom stereocenters. The predicted molar refractivity (Wildman–Crippen MR) is 150 cm³/mol. The number of hydrazine groups is 1. The predicted octanol–water partition coefficient (Wildman–Crippen LogP) is 2.27. The summed E-state index contributed by atoms with van der Waals surface area (Å²) in [5.74, 6) is -1.79. The number of sulfonamides is 2. The number of amides is 2. The first-order chi connectivity index (χ1) is 19.8. The SMILES string of the molecule is [C-]#[N+]c1cc(Cl)c(NNC(=O)Nc2cc(S(=O)(=O)NCC(=O)OCC)cc(S(=O)(=O)NCC(=O)OCC)c2)cc1[N+]#[C-]. The first kappa shape index (κ1) is 33.7. The summed E-state index contributed by atoms with van der Waals surface area (Å²) in [7, 11) is -9.04. The summed E-state index contributed by atoms with van der Waals surface area (Å²) in [6, 6.07) is 3.96. The smallest absolute Gasteiger partial charge is 0.337 e. The molecule has 0 aliphatic heterocycles. The molecule has 0 heterocycles. The van der Waals surface area contributed by atoms with Crippen LogP contribution in [0.4, 0.5) is 27.5 Å². The molecule has 0 saturated carbocycles. The van der Waals surface area contributed by atoms with Crippen LogP contribution in [0.2, 0.25) is 5.02 Å². The number of hydrogen-bond acceptors (Lipinski definition) is 10. The summed E-state index contributed by atoms with van der Waals surface area (Å²) in [6.45, 7) is 15.7. The topological polar surface area (TPSA) is 207 Å². The number of hydrogen-bond donors (Lipinski definition) is 5. The van der Waals surface area contributed by atoms with Gasteiger partial charge in [0.25, 0.3) is 0 Å². The Balaban J connectivity index is 2.37. The summed E-state index contributed by atoms with van der Waals surface area (Å²) < 4.78 is 64.7. The maximum Gasteiger partial charge on any atom is 0.337 e. The Kier molecular flexibility index (Phi) is 12.0. The number of ether oxygens (including phenoxy) is 2. The molecule has 16 nitrogen and oxygen atoms in total. The molecular weight excluding hydrogens is 618 g/mol. The Hall–Kier alpha value is -4.46. The van der Waals surface area contributed by atoms with Crippen LogP contribution in [0.5, 0.6) is 0 Å². The van der Waals surface area contributed by atoms with Gasteiger partial charge in [-0.1, -0.05) is 11.6 Å². The summed E-state index contributed by atoms with van der Waals surface area (Å²) in [5, 5.41) is 2.24. The van der Waals surface area contributed by atoms with Crippen molar-refractivity contribution in [1.29, 1.82) is 0 Å². The number of nitrogens with zero attached hydrogens (tertiary/aromatic N) is 2. The molecule has 42 heavy (non-hydrogen) atoms. The van der Waals surface area contributed by atoms with E-state index in [1.165, 1.54) is 26.0 Å². The normalized spacial score (nSPS) is 11.0. The third kappa shape index (κ3) is 9.58. The standard InChI is InChI=1S/C23H24ClN7O9S2/c1-5-39-21(32)12-27-41(35,36)15-7-14(8-16(9-15)42(37,38)28-13-22(33)40-6-2)29-23(34)31-30-18-11-20(26-4)19(25-3)10-17(18)24/h7-11,27-28,30H,5-6,12-13H2,1-2H3,(H2,29,31,34). The quantitative estimate of drug-likeness (QED) is 0.122. The number of carbonyl (C=O) groups excluding carboxylic acids is 3. The van der Waals surface area contributed by atoms with Crippen LogP contribution in [0.15, 0.2) is 40.1 Å². The van der Waals surface area contributed by atoms with Crippen molar-refractivity contribution in [2.45, 2.75) is 23.6 Å². The Morgan fingerprint density at radius 2 is 1.29 bits per heavy atom. The van der Waals surface area contributed by atoms with Crippen molar-refractivity contribution in [3.8, 4) is 0 Å². The largest absolute Gasteiger partial charge is 0.465 e. The van der Waals surface area contributed by atoms with Crippen molar-refractivity contribution in [2.24, 2.45) is 0 Å². The number of halogens is 1. The molecule has 5 N–H and O–H groups in total. The average molecular weight is 642 g/mol. The highest BCUT2D eigenvalue weighted by molar-refractivity contribution is 7.90. The average Bonchev–Trinajstić information content (AvgIpc) is 2.94. The zero-order chi connectivity index (χ0) is 31.5. The van der Waals surface area contributed by atoms with Gasteiger partial charge in [-0.05, 0) is 44.2 Å². The highest BCUT2D eigenvalue weighted by Crippen LogP contribution is 2.36. The van der Waals surface area contributed by atoms with Crippen LogP contribution in [0.3, 0.4) is 0 Å². The number of anilines is 2. The van der Waals surface area contributed by atoms with E-state index < -0.39 is 60.9 Å². The van der Waals surface area contributed by atoms with Crippen molar-refractivity contribution < 1.29 is 40.7 Å². The monoisotopic (exact) mass is 641 g/mol. The van der Waals surface area contributed by atoms with Gasteiger partial charge in [-0.15, -0.1) is 0 Å². The van der Waals surface area contributed by atoms with Crippen LogP contribution < -0.4 is 25.6 Å². The molecule has 2 amide bonds. The highest BCUT2D eigenvalue weighted by atomic mass is 35.5. The van der Waals surface area contributed by atoms with Crippen molar-refractivity contribution in [3.05, 3.63) is 58.2 Å². The van der Waals surface area contributed by atoms with E-state index in [0.29, 0.717) is 0 Å². The molecule has 0 spiro atoms. The van der Waals surface area contributed by atoms with Crippen LogP contribution in [-0.2, 0) is 39.1 Å². The zero-order valence-electron chi connectivity index (χ0n) is 22.0. The lowest BCUT2D eigenvalue weighted by Gasteiger charge is -2.15. The summed E-state index contributed by atoms with van der Waals surface area (Å²) in [4.78, 5) is 40.9. The van der Waals surface area contributed by atoms with Crippen LogP contribution in [-0.4, -0.2) is 61.1 Å². The fourth-order valence-corrected chi connectivity index (χ4v) is 5.32. The van der Waals surface area contributed by atoms with Gasteiger partial charge in [0.05, 0.1) is 46.9 Å². The van der Waals surface area contributed by atoms with E-state index in [1.807, 2.05) is 9.44 Å². The fourth-order valence-electron chi connectivity index (χ4n) is 2.97. The zero-order valence-corrected chi connectivity index (χ0v) is 24.4. The van der Waals surface area contributed by atoms with Gasteiger partial charge in [0.1, 0.15) is 13.1 Å².